The number of amides is 1. The molecule has 0 aliphatic carbocycles. The monoisotopic (exact) mass is 560 g/mol. The third-order valence-corrected chi connectivity index (χ3v) is 8.79. The first kappa shape index (κ1) is 27.4. The van der Waals surface area contributed by atoms with E-state index in [1.54, 1.807) is 41.1 Å². The summed E-state index contributed by atoms with van der Waals surface area (Å²) < 4.78 is 29.7. The minimum absolute atomic E-state index is 0.113. The van der Waals surface area contributed by atoms with Gasteiger partial charge in [0.1, 0.15) is 0 Å². The summed E-state index contributed by atoms with van der Waals surface area (Å²) >= 11 is 0. The average Bonchev–Trinajstić information content (AvgIpc) is 3.60. The molecular formula is C28H32N8O3S. The number of aryl methyl sites for hydroxylation is 2. The SMILES string of the molecule is Cn1ccc(CCC(=O)Nc2cnc3c(ccn3S(=O)(=O)c3ccccc3)c2NC2CCN(CCC#N)CC2)n1. The third kappa shape index (κ3) is 6.00. The molecule has 12 heteroatoms. The van der Waals surface area contributed by atoms with Gasteiger partial charge in [-0.1, -0.05) is 18.2 Å². The first-order valence-electron chi connectivity index (χ1n) is 13.3. The minimum atomic E-state index is -3.86. The van der Waals surface area contributed by atoms with Gasteiger partial charge in [-0.3, -0.25) is 9.48 Å². The van der Waals surface area contributed by atoms with Crippen molar-refractivity contribution in [2.45, 2.75) is 43.0 Å². The standard InChI is InChI=1S/C28H32N8O3S/c1-34-16-10-22(33-34)8-9-26(37)32-25-20-30-28-24(13-19-36(28)40(38,39)23-6-3-2-4-7-23)27(25)31-21-11-17-35(18-12-21)15-5-14-29/h2-4,6-7,10,13,16,19-21H,5,8-9,11-12,15,17-18H2,1H3,(H,30,31)(H,32,37). The molecule has 0 radical (unpaired) electrons. The maximum absolute atomic E-state index is 13.4. The lowest BCUT2D eigenvalue weighted by Gasteiger charge is -2.33. The number of nitrogens with zero attached hydrogens (tertiary/aromatic N) is 6. The Morgan fingerprint density at radius 3 is 2.60 bits per heavy atom. The summed E-state index contributed by atoms with van der Waals surface area (Å²) in [4.78, 5) is 19.8. The lowest BCUT2D eigenvalue weighted by atomic mass is 10.0. The van der Waals surface area contributed by atoms with E-state index >= 15 is 0 Å². The molecule has 1 saturated heterocycles. The van der Waals surface area contributed by atoms with E-state index in [2.05, 4.69) is 31.7 Å². The molecule has 1 amide bonds. The highest BCUT2D eigenvalue weighted by Crippen LogP contribution is 2.34. The summed E-state index contributed by atoms with van der Waals surface area (Å²) in [5, 5.41) is 20.4. The molecule has 11 nitrogen and oxygen atoms in total. The van der Waals surface area contributed by atoms with Gasteiger partial charge >= 0.3 is 0 Å². The van der Waals surface area contributed by atoms with Crippen LogP contribution in [0.4, 0.5) is 11.4 Å². The fourth-order valence-electron chi connectivity index (χ4n) is 4.98. The Balaban J connectivity index is 1.43. The number of fused-ring (bicyclic) bond motifs is 1. The van der Waals surface area contributed by atoms with Crippen LogP contribution < -0.4 is 10.6 Å². The van der Waals surface area contributed by atoms with Crippen molar-refractivity contribution in [1.29, 1.82) is 5.26 Å². The van der Waals surface area contributed by atoms with E-state index in [1.807, 2.05) is 19.3 Å². The summed E-state index contributed by atoms with van der Waals surface area (Å²) in [5.41, 5.74) is 2.26. The number of benzene rings is 1. The highest BCUT2D eigenvalue weighted by Gasteiger charge is 2.25. The molecule has 1 fully saturated rings. The van der Waals surface area contributed by atoms with Gasteiger partial charge in [0.05, 0.1) is 34.2 Å². The summed E-state index contributed by atoms with van der Waals surface area (Å²) in [6.45, 7) is 2.45. The van der Waals surface area contributed by atoms with Crippen molar-refractivity contribution < 1.29 is 13.2 Å². The Hall–Kier alpha value is -4.21. The number of pyridine rings is 1. The quantitative estimate of drug-likeness (QED) is 0.301. The van der Waals surface area contributed by atoms with Crippen LogP contribution in [0.25, 0.3) is 11.0 Å². The molecule has 0 saturated carbocycles. The van der Waals surface area contributed by atoms with Gasteiger partial charge in [-0.25, -0.2) is 17.4 Å². The van der Waals surface area contributed by atoms with Gasteiger partial charge in [0.25, 0.3) is 10.0 Å². The first-order valence-corrected chi connectivity index (χ1v) is 14.7. The smallest absolute Gasteiger partial charge is 0.269 e. The molecule has 208 valence electrons. The number of likely N-dealkylation sites (tertiary alicyclic amines) is 1. The third-order valence-electron chi connectivity index (χ3n) is 7.11. The Labute approximate surface area is 233 Å². The maximum atomic E-state index is 13.4. The van der Waals surface area contributed by atoms with Gasteiger partial charge in [0.2, 0.25) is 5.91 Å². The average molecular weight is 561 g/mol. The largest absolute Gasteiger partial charge is 0.380 e. The van der Waals surface area contributed by atoms with Crippen LogP contribution in [0.1, 0.15) is 31.4 Å². The van der Waals surface area contributed by atoms with Crippen molar-refractivity contribution in [3.05, 3.63) is 66.7 Å². The number of piperidine rings is 1. The van der Waals surface area contributed by atoms with Gasteiger partial charge < -0.3 is 15.5 Å². The zero-order chi connectivity index (χ0) is 28.1. The predicted molar refractivity (Wildman–Crippen MR) is 152 cm³/mol. The number of aromatic nitrogens is 4. The number of hydrogen-bond acceptors (Lipinski definition) is 8. The Morgan fingerprint density at radius 2 is 1.90 bits per heavy atom. The molecule has 2 N–H and O–H groups in total. The van der Waals surface area contributed by atoms with E-state index in [9.17, 15) is 13.2 Å². The number of carbonyl (C=O) groups is 1. The summed E-state index contributed by atoms with van der Waals surface area (Å²) in [7, 11) is -2.03. The second-order valence-electron chi connectivity index (χ2n) is 9.91. The Kier molecular flexibility index (Phi) is 8.14. The van der Waals surface area contributed by atoms with Gasteiger partial charge in [-0.05, 0) is 37.1 Å². The minimum Gasteiger partial charge on any atom is -0.380 e. The molecule has 1 aliphatic rings. The highest BCUT2D eigenvalue weighted by atomic mass is 32.2. The number of anilines is 2. The second kappa shape index (κ2) is 11.9. The number of nitrogens with one attached hydrogen (secondary N) is 2. The number of nitriles is 1. The maximum Gasteiger partial charge on any atom is 0.269 e. The molecule has 0 spiro atoms. The molecule has 4 heterocycles. The fraction of sp³-hybridized carbons (Fsp3) is 0.357. The Bertz CT molecular complexity index is 1630. The lowest BCUT2D eigenvalue weighted by molar-refractivity contribution is -0.116. The van der Waals surface area contributed by atoms with Crippen LogP contribution in [0.2, 0.25) is 0 Å². The number of carbonyl (C=O) groups excluding carboxylic acids is 1. The van der Waals surface area contributed by atoms with E-state index in [0.29, 0.717) is 29.6 Å². The van der Waals surface area contributed by atoms with Crippen LogP contribution in [-0.4, -0.2) is 63.6 Å². The fourth-order valence-corrected chi connectivity index (χ4v) is 6.30. The topological polar surface area (TPSA) is 138 Å². The summed E-state index contributed by atoms with van der Waals surface area (Å²) in [6, 6.07) is 14.1. The van der Waals surface area contributed by atoms with Crippen LogP contribution in [0, 0.1) is 11.3 Å². The summed E-state index contributed by atoms with van der Waals surface area (Å²) in [5.74, 6) is -0.183. The van der Waals surface area contributed by atoms with E-state index in [-0.39, 0.29) is 28.9 Å². The molecule has 1 aliphatic heterocycles. The van der Waals surface area contributed by atoms with Crippen molar-refractivity contribution in [3.8, 4) is 6.07 Å². The van der Waals surface area contributed by atoms with E-state index in [4.69, 9.17) is 5.26 Å². The zero-order valence-corrected chi connectivity index (χ0v) is 23.1. The molecule has 0 bridgehead atoms. The molecule has 0 unspecified atom stereocenters. The summed E-state index contributed by atoms with van der Waals surface area (Å²) in [6.07, 6.45) is 7.81. The van der Waals surface area contributed by atoms with Gasteiger partial charge in [-0.2, -0.15) is 10.4 Å². The molecular weight excluding hydrogens is 528 g/mol. The molecule has 1 aromatic carbocycles. The van der Waals surface area contributed by atoms with Crippen LogP contribution in [0.15, 0.2) is 66.0 Å². The second-order valence-corrected chi connectivity index (χ2v) is 11.7. The molecule has 4 aromatic rings. The van der Waals surface area contributed by atoms with E-state index in [0.717, 1.165) is 38.2 Å². The lowest BCUT2D eigenvalue weighted by Crippen LogP contribution is -2.39. The molecule has 40 heavy (non-hydrogen) atoms. The van der Waals surface area contributed by atoms with Crippen molar-refractivity contribution in [2.75, 3.05) is 30.3 Å². The van der Waals surface area contributed by atoms with Crippen molar-refractivity contribution in [2.24, 2.45) is 7.05 Å². The molecule has 0 atom stereocenters. The molecule has 5 rings (SSSR count). The van der Waals surface area contributed by atoms with Gasteiger partial charge in [0, 0.05) is 69.8 Å². The normalized spacial score (nSPS) is 14.7. The molecule has 3 aromatic heterocycles. The van der Waals surface area contributed by atoms with Crippen LogP contribution >= 0.6 is 0 Å². The predicted octanol–water partition coefficient (Wildman–Crippen LogP) is 3.37. The van der Waals surface area contributed by atoms with E-state index < -0.39 is 10.0 Å². The highest BCUT2D eigenvalue weighted by molar-refractivity contribution is 7.90. The number of rotatable bonds is 10. The van der Waals surface area contributed by atoms with Crippen LogP contribution in [-0.2, 0) is 28.3 Å². The van der Waals surface area contributed by atoms with Crippen molar-refractivity contribution >= 4 is 38.3 Å². The van der Waals surface area contributed by atoms with Crippen molar-refractivity contribution in [3.63, 3.8) is 0 Å². The number of hydrogen-bond donors (Lipinski definition) is 2. The van der Waals surface area contributed by atoms with Gasteiger partial charge in [0.15, 0.2) is 5.65 Å². The first-order chi connectivity index (χ1) is 19.3. The Morgan fingerprint density at radius 1 is 1.12 bits per heavy atom. The van der Waals surface area contributed by atoms with E-state index in [1.165, 1.54) is 16.4 Å². The zero-order valence-electron chi connectivity index (χ0n) is 22.3. The van der Waals surface area contributed by atoms with Gasteiger partial charge in [-0.15, -0.1) is 0 Å². The van der Waals surface area contributed by atoms with Crippen LogP contribution in [0.3, 0.4) is 0 Å². The van der Waals surface area contributed by atoms with Crippen LogP contribution in [0.5, 0.6) is 0 Å². The van der Waals surface area contributed by atoms with Crippen molar-refractivity contribution in [1.82, 2.24) is 23.6 Å².